The molecule has 3 aromatic rings. The lowest BCUT2D eigenvalue weighted by molar-refractivity contribution is -0.121. The smallest absolute Gasteiger partial charge is 0.258 e. The zero-order valence-electron chi connectivity index (χ0n) is 19.6. The summed E-state index contributed by atoms with van der Waals surface area (Å²) >= 11 is 0. The largest absolute Gasteiger partial charge is 0.507 e. The maximum absolute atomic E-state index is 13.4. The molecule has 1 aromatic carbocycles. The zero-order valence-corrected chi connectivity index (χ0v) is 19.6. The fourth-order valence-corrected chi connectivity index (χ4v) is 4.01. The number of aromatic hydroxyl groups is 1. The van der Waals surface area contributed by atoms with E-state index in [1.54, 1.807) is 23.9 Å². The molecule has 0 saturated carbocycles. The molecule has 1 amide bonds. The first-order chi connectivity index (χ1) is 15.9. The first kappa shape index (κ1) is 24.3. The van der Waals surface area contributed by atoms with Gasteiger partial charge in [-0.2, -0.15) is 0 Å². The molecule has 0 aliphatic carbocycles. The van der Waals surface area contributed by atoms with Crippen molar-refractivity contribution in [1.29, 1.82) is 0 Å². The van der Waals surface area contributed by atoms with E-state index in [9.17, 15) is 14.7 Å². The average molecular weight is 452 g/mol. The van der Waals surface area contributed by atoms with Crippen LogP contribution in [-0.4, -0.2) is 33.7 Å². The number of carbonyl (C=O) groups excluding carboxylic acids is 1. The van der Waals surface area contributed by atoms with E-state index in [1.165, 1.54) is 19.0 Å². The molecule has 2 aromatic heterocycles. The van der Waals surface area contributed by atoms with Gasteiger partial charge in [0.05, 0.1) is 36.5 Å². The number of benzene rings is 1. The Morgan fingerprint density at radius 1 is 1.18 bits per heavy atom. The number of hydrogen-bond donors (Lipinski definition) is 2. The van der Waals surface area contributed by atoms with Crippen molar-refractivity contribution in [2.24, 2.45) is 0 Å². The van der Waals surface area contributed by atoms with Gasteiger partial charge in [0.2, 0.25) is 5.91 Å². The highest BCUT2D eigenvalue weighted by molar-refractivity contribution is 5.88. The molecule has 176 valence electrons. The summed E-state index contributed by atoms with van der Waals surface area (Å²) in [6.07, 6.45) is 8.36. The Kier molecular flexibility index (Phi) is 8.46. The molecule has 7 nitrogen and oxygen atoms in total. The van der Waals surface area contributed by atoms with Crippen LogP contribution in [0.5, 0.6) is 11.5 Å². The second-order valence-electron chi connectivity index (χ2n) is 8.45. The molecule has 0 fully saturated rings. The van der Waals surface area contributed by atoms with E-state index in [1.807, 2.05) is 31.2 Å². The minimum Gasteiger partial charge on any atom is -0.507 e. The Bertz CT molecular complexity index is 1140. The average Bonchev–Trinajstić information content (AvgIpc) is 2.82. The van der Waals surface area contributed by atoms with Crippen LogP contribution in [0.25, 0.3) is 10.9 Å². The summed E-state index contributed by atoms with van der Waals surface area (Å²) in [5, 5.41) is 14.2. The lowest BCUT2D eigenvalue weighted by atomic mass is 10.1. The van der Waals surface area contributed by atoms with Gasteiger partial charge in [-0.3, -0.25) is 14.6 Å². The molecule has 33 heavy (non-hydrogen) atoms. The highest BCUT2D eigenvalue weighted by atomic mass is 16.5. The molecule has 0 radical (unpaired) electrons. The van der Waals surface area contributed by atoms with Gasteiger partial charge in [-0.05, 0) is 37.1 Å². The van der Waals surface area contributed by atoms with Crippen molar-refractivity contribution in [3.8, 4) is 11.5 Å². The van der Waals surface area contributed by atoms with E-state index in [0.717, 1.165) is 30.6 Å². The van der Waals surface area contributed by atoms with Gasteiger partial charge in [0.1, 0.15) is 11.5 Å². The number of nitrogens with zero attached hydrogens (tertiary/aromatic N) is 2. The topological polar surface area (TPSA) is 93.5 Å². The predicted molar refractivity (Wildman–Crippen MR) is 130 cm³/mol. The fourth-order valence-electron chi connectivity index (χ4n) is 4.01. The number of pyridine rings is 2. The van der Waals surface area contributed by atoms with Crippen LogP contribution in [0.1, 0.15) is 57.1 Å². The molecular weight excluding hydrogens is 418 g/mol. The fraction of sp³-hybridized carbons (Fsp3) is 0.423. The number of amides is 1. The monoisotopic (exact) mass is 451 g/mol. The van der Waals surface area contributed by atoms with Crippen molar-refractivity contribution in [2.45, 2.75) is 65.0 Å². The molecule has 0 bridgehead atoms. The number of aromatic nitrogens is 2. The van der Waals surface area contributed by atoms with Gasteiger partial charge in [-0.25, -0.2) is 0 Å². The number of carbonyl (C=O) groups is 1. The standard InChI is InChI=1S/C26H33N3O4/c1-4-5-6-7-8-18(2)28-24(30)15-21-25(31)22-16-27-14-13-23(22)29(26(21)32)17-19-9-11-20(33-3)12-10-19/h9-14,16,18,31H,4-8,15,17H2,1-3H3,(H,28,30). The summed E-state index contributed by atoms with van der Waals surface area (Å²) in [5.74, 6) is 0.275. The van der Waals surface area contributed by atoms with Crippen LogP contribution in [0.4, 0.5) is 0 Å². The summed E-state index contributed by atoms with van der Waals surface area (Å²) in [4.78, 5) is 30.2. The molecule has 0 spiro atoms. The molecule has 0 saturated heterocycles. The number of nitrogens with one attached hydrogen (secondary N) is 1. The number of ether oxygens (including phenoxy) is 1. The van der Waals surface area contributed by atoms with Gasteiger partial charge in [0.15, 0.2) is 0 Å². The second kappa shape index (κ2) is 11.5. The van der Waals surface area contributed by atoms with E-state index < -0.39 is 0 Å². The highest BCUT2D eigenvalue weighted by Crippen LogP contribution is 2.26. The highest BCUT2D eigenvalue weighted by Gasteiger charge is 2.20. The van der Waals surface area contributed by atoms with E-state index in [4.69, 9.17) is 4.74 Å². The normalized spacial score (nSPS) is 12.0. The van der Waals surface area contributed by atoms with Crippen molar-refractivity contribution in [3.63, 3.8) is 0 Å². The van der Waals surface area contributed by atoms with Crippen molar-refractivity contribution in [2.75, 3.05) is 7.11 Å². The Labute approximate surface area is 194 Å². The third-order valence-corrected chi connectivity index (χ3v) is 5.87. The minimum atomic E-state index is -0.382. The van der Waals surface area contributed by atoms with Crippen molar-refractivity contribution >= 4 is 16.8 Å². The van der Waals surface area contributed by atoms with Crippen LogP contribution >= 0.6 is 0 Å². The maximum Gasteiger partial charge on any atom is 0.258 e. The molecular formula is C26H33N3O4. The summed E-state index contributed by atoms with van der Waals surface area (Å²) in [6.45, 7) is 4.43. The third-order valence-electron chi connectivity index (χ3n) is 5.87. The number of hydrogen-bond acceptors (Lipinski definition) is 5. The molecule has 2 heterocycles. The Morgan fingerprint density at radius 2 is 1.94 bits per heavy atom. The SMILES string of the molecule is CCCCCCC(C)NC(=O)Cc1c(O)c2cnccc2n(Cc2ccc(OC)cc2)c1=O. The lowest BCUT2D eigenvalue weighted by Crippen LogP contribution is -2.36. The quantitative estimate of drug-likeness (QED) is 0.427. The van der Waals surface area contributed by atoms with E-state index in [-0.39, 0.29) is 35.2 Å². The number of rotatable bonds is 11. The lowest BCUT2D eigenvalue weighted by Gasteiger charge is -2.17. The molecule has 2 N–H and O–H groups in total. The van der Waals surface area contributed by atoms with Crippen LogP contribution in [0.15, 0.2) is 47.5 Å². The van der Waals surface area contributed by atoms with Gasteiger partial charge in [0, 0.05) is 18.4 Å². The van der Waals surface area contributed by atoms with Crippen LogP contribution in [0, 0.1) is 0 Å². The molecule has 1 atom stereocenters. The molecule has 0 aliphatic heterocycles. The number of unbranched alkanes of at least 4 members (excludes halogenated alkanes) is 3. The van der Waals surface area contributed by atoms with Crippen LogP contribution in [0.2, 0.25) is 0 Å². The molecule has 3 rings (SSSR count). The Hall–Kier alpha value is -3.35. The van der Waals surface area contributed by atoms with Gasteiger partial charge in [-0.1, -0.05) is 44.7 Å². The minimum absolute atomic E-state index is 0.0140. The third kappa shape index (κ3) is 6.12. The molecule has 1 unspecified atom stereocenters. The zero-order chi connectivity index (χ0) is 23.8. The second-order valence-corrected chi connectivity index (χ2v) is 8.45. The van der Waals surface area contributed by atoms with E-state index in [2.05, 4.69) is 17.2 Å². The molecule has 7 heteroatoms. The Morgan fingerprint density at radius 3 is 2.64 bits per heavy atom. The Balaban J connectivity index is 1.86. The van der Waals surface area contributed by atoms with Crippen LogP contribution in [-0.2, 0) is 17.8 Å². The van der Waals surface area contributed by atoms with Gasteiger partial charge < -0.3 is 19.7 Å². The summed E-state index contributed by atoms with van der Waals surface area (Å²) in [6, 6.07) is 9.15. The van der Waals surface area contributed by atoms with Crippen molar-refractivity contribution in [3.05, 3.63) is 64.2 Å². The predicted octanol–water partition coefficient (Wildman–Crippen LogP) is 4.18. The van der Waals surface area contributed by atoms with Crippen molar-refractivity contribution < 1.29 is 14.6 Å². The number of fused-ring (bicyclic) bond motifs is 1. The van der Waals surface area contributed by atoms with Gasteiger partial charge in [0.25, 0.3) is 5.56 Å². The van der Waals surface area contributed by atoms with E-state index in [0.29, 0.717) is 17.4 Å². The van der Waals surface area contributed by atoms with E-state index >= 15 is 0 Å². The summed E-state index contributed by atoms with van der Waals surface area (Å²) < 4.78 is 6.78. The summed E-state index contributed by atoms with van der Waals surface area (Å²) in [5.41, 5.74) is 1.17. The van der Waals surface area contributed by atoms with Crippen LogP contribution < -0.4 is 15.6 Å². The van der Waals surface area contributed by atoms with Gasteiger partial charge in [-0.15, -0.1) is 0 Å². The van der Waals surface area contributed by atoms with Crippen molar-refractivity contribution in [1.82, 2.24) is 14.9 Å². The number of methoxy groups -OCH3 is 1. The first-order valence-corrected chi connectivity index (χ1v) is 11.5. The first-order valence-electron chi connectivity index (χ1n) is 11.5. The maximum atomic E-state index is 13.4. The van der Waals surface area contributed by atoms with Gasteiger partial charge >= 0.3 is 0 Å². The summed E-state index contributed by atoms with van der Waals surface area (Å²) in [7, 11) is 1.60. The van der Waals surface area contributed by atoms with Crippen LogP contribution in [0.3, 0.4) is 0 Å². The molecule has 0 aliphatic rings.